The van der Waals surface area contributed by atoms with Crippen LogP contribution in [0.5, 0.6) is 0 Å². The third-order valence-corrected chi connectivity index (χ3v) is 1.72. The highest BCUT2D eigenvalue weighted by molar-refractivity contribution is 5.67. The highest BCUT2D eigenvalue weighted by Crippen LogP contribution is 2.05. The number of nitrogens with zero attached hydrogens (tertiary/aromatic N) is 2. The van der Waals surface area contributed by atoms with Crippen molar-refractivity contribution in [2.75, 3.05) is 33.4 Å². The average molecular weight is 245 g/mol. The number of hydrogen-bond donors (Lipinski definition) is 1. The monoisotopic (exact) mass is 245 g/mol. The van der Waals surface area contributed by atoms with Gasteiger partial charge in [0.25, 0.3) is 0 Å². The minimum absolute atomic E-state index is 0.425. The minimum atomic E-state index is -0.469. The van der Waals surface area contributed by atoms with E-state index in [0.717, 1.165) is 0 Å². The summed E-state index contributed by atoms with van der Waals surface area (Å²) in [7, 11) is 1.81. The van der Waals surface area contributed by atoms with Crippen molar-refractivity contribution in [2.24, 2.45) is 5.10 Å². The lowest BCUT2D eigenvalue weighted by atomic mass is 10.2. The summed E-state index contributed by atoms with van der Waals surface area (Å²) < 4.78 is 10.3. The van der Waals surface area contributed by atoms with Crippen molar-refractivity contribution in [3.05, 3.63) is 0 Å². The summed E-state index contributed by atoms with van der Waals surface area (Å²) in [4.78, 5) is 11.2. The maximum Gasteiger partial charge on any atom is 0.407 e. The number of alkyl carbamates (subject to hydrolysis) is 1. The van der Waals surface area contributed by atoms with E-state index in [0.29, 0.717) is 26.3 Å². The molecule has 0 radical (unpaired) electrons. The Morgan fingerprint density at radius 1 is 1.41 bits per heavy atom. The zero-order valence-electron chi connectivity index (χ0n) is 11.2. The number of amides is 1. The van der Waals surface area contributed by atoms with Gasteiger partial charge in [-0.2, -0.15) is 5.10 Å². The van der Waals surface area contributed by atoms with Gasteiger partial charge in [-0.3, -0.25) is 5.01 Å². The van der Waals surface area contributed by atoms with Gasteiger partial charge < -0.3 is 14.8 Å². The molecule has 0 heterocycles. The molecule has 17 heavy (non-hydrogen) atoms. The van der Waals surface area contributed by atoms with Gasteiger partial charge in [0.1, 0.15) is 5.60 Å². The molecular weight excluding hydrogens is 222 g/mol. The topological polar surface area (TPSA) is 63.2 Å². The summed E-state index contributed by atoms with van der Waals surface area (Å²) in [6.45, 7) is 10.9. The largest absolute Gasteiger partial charge is 0.444 e. The quantitative estimate of drug-likeness (QED) is 0.414. The van der Waals surface area contributed by atoms with Crippen LogP contribution in [0, 0.1) is 0 Å². The van der Waals surface area contributed by atoms with Gasteiger partial charge in [0.2, 0.25) is 0 Å². The molecule has 0 saturated carbocycles. The van der Waals surface area contributed by atoms with Gasteiger partial charge >= 0.3 is 6.09 Å². The second-order valence-electron chi connectivity index (χ2n) is 4.56. The Hall–Kier alpha value is -1.30. The summed E-state index contributed by atoms with van der Waals surface area (Å²) in [5, 5.41) is 7.98. The second-order valence-corrected chi connectivity index (χ2v) is 4.56. The fourth-order valence-corrected chi connectivity index (χ4v) is 0.909. The Labute approximate surface area is 103 Å². The molecule has 0 rings (SSSR count). The standard InChI is InChI=1S/C11H23N3O3/c1-11(2,3)17-10(15)13-6-8-16-9-7-14(5)12-4/h4,6-9H2,1-3,5H3,(H,13,15). The maximum atomic E-state index is 11.2. The van der Waals surface area contributed by atoms with Gasteiger partial charge in [0, 0.05) is 20.3 Å². The van der Waals surface area contributed by atoms with Crippen LogP contribution in [0.1, 0.15) is 20.8 Å². The highest BCUT2D eigenvalue weighted by Gasteiger charge is 2.15. The van der Waals surface area contributed by atoms with E-state index >= 15 is 0 Å². The number of rotatable bonds is 7. The molecule has 0 aliphatic heterocycles. The zero-order valence-corrected chi connectivity index (χ0v) is 11.2. The first-order valence-electron chi connectivity index (χ1n) is 5.57. The molecule has 0 bridgehead atoms. The lowest BCUT2D eigenvalue weighted by Crippen LogP contribution is -2.34. The second kappa shape index (κ2) is 7.89. The number of hydrogen-bond acceptors (Lipinski definition) is 5. The van der Waals surface area contributed by atoms with Gasteiger partial charge in [-0.1, -0.05) is 0 Å². The van der Waals surface area contributed by atoms with Crippen LogP contribution in [-0.4, -0.2) is 56.8 Å². The van der Waals surface area contributed by atoms with Crippen molar-refractivity contribution in [3.63, 3.8) is 0 Å². The number of nitrogens with one attached hydrogen (secondary N) is 1. The van der Waals surface area contributed by atoms with E-state index in [1.54, 1.807) is 5.01 Å². The number of carbonyl (C=O) groups is 1. The maximum absolute atomic E-state index is 11.2. The normalized spacial score (nSPS) is 10.8. The molecule has 0 fully saturated rings. The first kappa shape index (κ1) is 15.7. The molecule has 0 aromatic heterocycles. The molecule has 6 nitrogen and oxygen atoms in total. The van der Waals surface area contributed by atoms with Crippen LogP contribution < -0.4 is 5.32 Å². The van der Waals surface area contributed by atoms with Crippen LogP contribution in [0.25, 0.3) is 0 Å². The Morgan fingerprint density at radius 3 is 2.59 bits per heavy atom. The molecule has 1 amide bonds. The highest BCUT2D eigenvalue weighted by atomic mass is 16.6. The van der Waals surface area contributed by atoms with Crippen molar-refractivity contribution in [1.82, 2.24) is 10.3 Å². The molecule has 0 unspecified atom stereocenters. The van der Waals surface area contributed by atoms with Crippen LogP contribution in [0.15, 0.2) is 5.10 Å². The van der Waals surface area contributed by atoms with E-state index in [9.17, 15) is 4.79 Å². The Kier molecular flexibility index (Phi) is 7.29. The van der Waals surface area contributed by atoms with Crippen LogP contribution in [0.2, 0.25) is 0 Å². The van der Waals surface area contributed by atoms with Gasteiger partial charge in [0.05, 0.1) is 19.8 Å². The molecule has 0 aromatic rings. The molecule has 6 heteroatoms. The molecule has 0 saturated heterocycles. The van der Waals surface area contributed by atoms with Crippen molar-refractivity contribution in [3.8, 4) is 0 Å². The first-order valence-corrected chi connectivity index (χ1v) is 5.57. The van der Waals surface area contributed by atoms with E-state index in [1.165, 1.54) is 0 Å². The predicted octanol–water partition coefficient (Wildman–Crippen LogP) is 1.08. The smallest absolute Gasteiger partial charge is 0.407 e. The summed E-state index contributed by atoms with van der Waals surface area (Å²) in [6.07, 6.45) is -0.425. The lowest BCUT2D eigenvalue weighted by molar-refractivity contribution is 0.0493. The molecule has 0 aromatic carbocycles. The molecule has 1 N–H and O–H groups in total. The van der Waals surface area contributed by atoms with Crippen LogP contribution in [0.3, 0.4) is 0 Å². The molecule has 100 valence electrons. The summed E-state index contributed by atoms with van der Waals surface area (Å²) in [5.41, 5.74) is -0.469. The van der Waals surface area contributed by atoms with E-state index < -0.39 is 11.7 Å². The summed E-state index contributed by atoms with van der Waals surface area (Å²) >= 11 is 0. The zero-order chi connectivity index (χ0) is 13.3. The van der Waals surface area contributed by atoms with Crippen molar-refractivity contribution in [1.29, 1.82) is 0 Å². The van der Waals surface area contributed by atoms with Gasteiger partial charge in [-0.05, 0) is 20.8 Å². The fourth-order valence-electron chi connectivity index (χ4n) is 0.909. The van der Waals surface area contributed by atoms with Gasteiger partial charge in [-0.25, -0.2) is 4.79 Å². The Bertz CT molecular complexity index is 239. The van der Waals surface area contributed by atoms with Gasteiger partial charge in [0.15, 0.2) is 0 Å². The summed E-state index contributed by atoms with van der Waals surface area (Å²) in [6, 6.07) is 0. The third-order valence-electron chi connectivity index (χ3n) is 1.72. The first-order chi connectivity index (χ1) is 7.85. The van der Waals surface area contributed by atoms with Crippen molar-refractivity contribution in [2.45, 2.75) is 26.4 Å². The Balaban J connectivity index is 3.40. The fraction of sp³-hybridized carbons (Fsp3) is 0.818. The van der Waals surface area contributed by atoms with Crippen molar-refractivity contribution < 1.29 is 14.3 Å². The van der Waals surface area contributed by atoms with E-state index in [2.05, 4.69) is 17.1 Å². The van der Waals surface area contributed by atoms with Crippen LogP contribution in [0.4, 0.5) is 4.79 Å². The van der Waals surface area contributed by atoms with Crippen LogP contribution in [-0.2, 0) is 9.47 Å². The molecule has 0 aliphatic rings. The third kappa shape index (κ3) is 11.0. The van der Waals surface area contributed by atoms with E-state index in [-0.39, 0.29) is 0 Å². The minimum Gasteiger partial charge on any atom is -0.444 e. The predicted molar refractivity (Wildman–Crippen MR) is 67.2 cm³/mol. The van der Waals surface area contributed by atoms with E-state index in [1.807, 2.05) is 27.8 Å². The molecule has 0 spiro atoms. The number of likely N-dealkylation sites (N-methyl/N-ethyl adjacent to an activating group) is 1. The number of ether oxygens (including phenoxy) is 2. The SMILES string of the molecule is C=NN(C)CCOCCNC(=O)OC(C)(C)C. The van der Waals surface area contributed by atoms with E-state index in [4.69, 9.17) is 9.47 Å². The summed E-state index contributed by atoms with van der Waals surface area (Å²) in [5.74, 6) is 0. The lowest BCUT2D eigenvalue weighted by Gasteiger charge is -2.19. The average Bonchev–Trinajstić information content (AvgIpc) is 2.20. The van der Waals surface area contributed by atoms with Crippen molar-refractivity contribution >= 4 is 12.8 Å². The molecule has 0 atom stereocenters. The molecular formula is C11H23N3O3. The van der Waals surface area contributed by atoms with Gasteiger partial charge in [-0.15, -0.1) is 0 Å². The number of carbonyl (C=O) groups excluding carboxylic acids is 1. The van der Waals surface area contributed by atoms with Crippen LogP contribution >= 0.6 is 0 Å². The molecule has 0 aliphatic carbocycles. The Morgan fingerprint density at radius 2 is 2.06 bits per heavy atom. The number of hydrazone groups is 1.